The molecule has 1 aliphatic heterocycles. The zero-order valence-corrected chi connectivity index (χ0v) is 13.5. The number of aromatic amines is 1. The molecule has 3 nitrogen and oxygen atoms in total. The summed E-state index contributed by atoms with van der Waals surface area (Å²) in [5.74, 6) is 0.945. The molecule has 0 fully saturated rings. The number of fused-ring (bicyclic) bond motifs is 3. The molecule has 0 radical (unpaired) electrons. The van der Waals surface area contributed by atoms with Gasteiger partial charge in [0.25, 0.3) is 0 Å². The minimum absolute atomic E-state index is 0.613. The molecule has 23 heavy (non-hydrogen) atoms. The highest BCUT2D eigenvalue weighted by Gasteiger charge is 2.16. The lowest BCUT2D eigenvalue weighted by molar-refractivity contribution is 0.306. The summed E-state index contributed by atoms with van der Waals surface area (Å²) in [6.45, 7) is 2.86. The van der Waals surface area contributed by atoms with Gasteiger partial charge in [-0.2, -0.15) is 0 Å². The molecular weight excluding hydrogens is 284 g/mol. The molecular formula is C20H22N2O. The number of nitrogens with zero attached hydrogens (tertiary/aromatic N) is 1. The van der Waals surface area contributed by atoms with E-state index in [0.717, 1.165) is 31.7 Å². The lowest BCUT2D eigenvalue weighted by Crippen LogP contribution is -2.21. The highest BCUT2D eigenvalue weighted by atomic mass is 16.5. The van der Waals surface area contributed by atoms with E-state index in [4.69, 9.17) is 4.74 Å². The van der Waals surface area contributed by atoms with E-state index in [-0.39, 0.29) is 0 Å². The molecule has 0 atom stereocenters. The Kier molecular flexibility index (Phi) is 3.80. The zero-order valence-electron chi connectivity index (χ0n) is 13.5. The van der Waals surface area contributed by atoms with Crippen LogP contribution < -0.4 is 4.74 Å². The second kappa shape index (κ2) is 6.09. The Labute approximate surface area is 136 Å². The Morgan fingerprint density at radius 1 is 1.04 bits per heavy atom. The van der Waals surface area contributed by atoms with Crippen LogP contribution in [0.5, 0.6) is 5.75 Å². The predicted octanol–water partition coefficient (Wildman–Crippen LogP) is 3.78. The van der Waals surface area contributed by atoms with Gasteiger partial charge in [-0.25, -0.2) is 0 Å². The summed E-state index contributed by atoms with van der Waals surface area (Å²) in [6.07, 6.45) is 2.20. The van der Waals surface area contributed by atoms with Crippen LogP contribution in [0.3, 0.4) is 0 Å². The minimum atomic E-state index is 0.613. The van der Waals surface area contributed by atoms with Crippen LogP contribution in [0.25, 0.3) is 10.9 Å². The number of H-pyrrole nitrogens is 1. The number of ether oxygens (including phenoxy) is 1. The van der Waals surface area contributed by atoms with Crippen LogP contribution in [-0.2, 0) is 19.4 Å². The molecule has 118 valence electrons. The van der Waals surface area contributed by atoms with E-state index in [1.165, 1.54) is 27.7 Å². The molecule has 0 bridgehead atoms. The third-order valence-corrected chi connectivity index (χ3v) is 4.70. The normalized spacial score (nSPS) is 15.3. The predicted molar refractivity (Wildman–Crippen MR) is 94.0 cm³/mol. The molecule has 1 aliphatic rings. The second-order valence-corrected chi connectivity index (χ2v) is 6.37. The van der Waals surface area contributed by atoms with Crippen molar-refractivity contribution >= 4 is 10.9 Å². The maximum atomic E-state index is 5.99. The summed E-state index contributed by atoms with van der Waals surface area (Å²) in [4.78, 5) is 5.99. The van der Waals surface area contributed by atoms with Crippen molar-refractivity contribution in [2.45, 2.75) is 19.4 Å². The fourth-order valence-corrected chi connectivity index (χ4v) is 3.33. The molecule has 0 saturated heterocycles. The quantitative estimate of drug-likeness (QED) is 0.797. The van der Waals surface area contributed by atoms with Crippen LogP contribution in [-0.4, -0.2) is 30.0 Å². The first-order valence-electron chi connectivity index (χ1n) is 8.28. The monoisotopic (exact) mass is 306 g/mol. The molecule has 0 spiro atoms. The van der Waals surface area contributed by atoms with Gasteiger partial charge in [0.05, 0.1) is 0 Å². The average molecular weight is 306 g/mol. The molecule has 2 aromatic carbocycles. The minimum Gasteiger partial charge on any atom is -0.489 e. The van der Waals surface area contributed by atoms with Crippen LogP contribution in [0.4, 0.5) is 0 Å². The molecule has 0 saturated carbocycles. The van der Waals surface area contributed by atoms with E-state index in [0.29, 0.717) is 6.61 Å². The van der Waals surface area contributed by atoms with Gasteiger partial charge >= 0.3 is 0 Å². The Hall–Kier alpha value is -2.26. The number of hydrogen-bond donors (Lipinski definition) is 1. The first-order chi connectivity index (χ1) is 11.3. The molecule has 3 aromatic rings. The van der Waals surface area contributed by atoms with Crippen molar-refractivity contribution in [1.82, 2.24) is 9.88 Å². The van der Waals surface area contributed by atoms with Crippen LogP contribution >= 0.6 is 0 Å². The van der Waals surface area contributed by atoms with Gasteiger partial charge < -0.3 is 14.6 Å². The molecule has 4 rings (SSSR count). The van der Waals surface area contributed by atoms with Gasteiger partial charge in [0, 0.05) is 36.1 Å². The number of hydrogen-bond acceptors (Lipinski definition) is 2. The molecule has 0 aliphatic carbocycles. The van der Waals surface area contributed by atoms with Gasteiger partial charge in [0.2, 0.25) is 0 Å². The Balaban J connectivity index is 1.60. The van der Waals surface area contributed by atoms with E-state index in [1.807, 2.05) is 18.2 Å². The van der Waals surface area contributed by atoms with Crippen LogP contribution in [0.15, 0.2) is 48.5 Å². The first-order valence-corrected chi connectivity index (χ1v) is 8.28. The summed E-state index contributed by atoms with van der Waals surface area (Å²) in [5, 5.41) is 1.32. The van der Waals surface area contributed by atoms with E-state index >= 15 is 0 Å². The highest BCUT2D eigenvalue weighted by molar-refractivity contribution is 5.86. The molecule has 1 N–H and O–H groups in total. The molecule has 2 heterocycles. The summed E-state index contributed by atoms with van der Waals surface area (Å²) in [6, 6.07) is 16.7. The Bertz CT molecular complexity index is 807. The summed E-state index contributed by atoms with van der Waals surface area (Å²) in [5.41, 5.74) is 5.29. The van der Waals surface area contributed by atoms with Crippen molar-refractivity contribution in [3.63, 3.8) is 0 Å². The van der Waals surface area contributed by atoms with Crippen molar-refractivity contribution < 1.29 is 4.74 Å². The van der Waals surface area contributed by atoms with Gasteiger partial charge in [0.1, 0.15) is 12.4 Å². The number of aromatic nitrogens is 1. The van der Waals surface area contributed by atoms with Gasteiger partial charge in [-0.1, -0.05) is 30.3 Å². The fourth-order valence-electron chi connectivity index (χ4n) is 3.33. The summed E-state index contributed by atoms with van der Waals surface area (Å²) in [7, 11) is 2.20. The third kappa shape index (κ3) is 2.97. The molecule has 3 heteroatoms. The van der Waals surface area contributed by atoms with E-state index in [9.17, 15) is 0 Å². The van der Waals surface area contributed by atoms with E-state index in [1.54, 1.807) is 0 Å². The lowest BCUT2D eigenvalue weighted by atomic mass is 10.1. The average Bonchev–Trinajstić information content (AvgIpc) is 2.83. The van der Waals surface area contributed by atoms with Crippen molar-refractivity contribution in [3.8, 4) is 5.75 Å². The largest absolute Gasteiger partial charge is 0.489 e. The molecule has 1 aromatic heterocycles. The smallest absolute Gasteiger partial charge is 0.120 e. The van der Waals surface area contributed by atoms with Gasteiger partial charge in [-0.15, -0.1) is 0 Å². The number of nitrogens with one attached hydrogen (secondary N) is 1. The van der Waals surface area contributed by atoms with E-state index < -0.39 is 0 Å². The van der Waals surface area contributed by atoms with Crippen LogP contribution in [0.2, 0.25) is 0 Å². The highest BCUT2D eigenvalue weighted by Crippen LogP contribution is 2.29. The number of rotatable bonds is 3. The number of likely N-dealkylation sites (N-methyl/N-ethyl adjacent to an activating group) is 1. The number of benzene rings is 2. The SMILES string of the molecule is CN1CCc2[nH]c3ccc(OCc4ccccc4)cc3c2CC1. The van der Waals surface area contributed by atoms with Crippen molar-refractivity contribution in [1.29, 1.82) is 0 Å². The summed E-state index contributed by atoms with van der Waals surface area (Å²) >= 11 is 0. The van der Waals surface area contributed by atoms with Gasteiger partial charge in [-0.05, 0) is 42.8 Å². The van der Waals surface area contributed by atoms with Crippen LogP contribution in [0.1, 0.15) is 16.8 Å². The Morgan fingerprint density at radius 3 is 2.74 bits per heavy atom. The van der Waals surface area contributed by atoms with E-state index in [2.05, 4.69) is 47.3 Å². The molecule has 0 amide bonds. The van der Waals surface area contributed by atoms with Crippen molar-refractivity contribution in [2.24, 2.45) is 0 Å². The maximum absolute atomic E-state index is 5.99. The first kappa shape index (κ1) is 14.3. The zero-order chi connectivity index (χ0) is 15.6. The standard InChI is InChI=1S/C20H22N2O/c1-22-11-9-17-18-13-16(23-14-15-5-3-2-4-6-15)7-8-19(18)21-20(17)10-12-22/h2-8,13,21H,9-12,14H2,1H3. The van der Waals surface area contributed by atoms with Gasteiger partial charge in [-0.3, -0.25) is 0 Å². The van der Waals surface area contributed by atoms with Crippen molar-refractivity contribution in [3.05, 3.63) is 65.4 Å². The van der Waals surface area contributed by atoms with Crippen LogP contribution in [0, 0.1) is 0 Å². The maximum Gasteiger partial charge on any atom is 0.120 e. The second-order valence-electron chi connectivity index (χ2n) is 6.37. The third-order valence-electron chi connectivity index (χ3n) is 4.70. The van der Waals surface area contributed by atoms with Gasteiger partial charge in [0.15, 0.2) is 0 Å². The lowest BCUT2D eigenvalue weighted by Gasteiger charge is -2.11. The topological polar surface area (TPSA) is 28.3 Å². The fraction of sp³-hybridized carbons (Fsp3) is 0.300. The summed E-state index contributed by atoms with van der Waals surface area (Å²) < 4.78 is 5.99. The van der Waals surface area contributed by atoms with Crippen molar-refractivity contribution in [2.75, 3.05) is 20.1 Å². The Morgan fingerprint density at radius 2 is 1.87 bits per heavy atom. The molecule has 0 unspecified atom stereocenters.